The van der Waals surface area contributed by atoms with Crippen LogP contribution in [0.2, 0.25) is 0 Å². The van der Waals surface area contributed by atoms with Gasteiger partial charge in [0.15, 0.2) is 0 Å². The van der Waals surface area contributed by atoms with Gasteiger partial charge in [-0.2, -0.15) is 5.10 Å². The van der Waals surface area contributed by atoms with Crippen molar-refractivity contribution in [1.82, 2.24) is 14.7 Å². The number of hydrogen-bond donors (Lipinski definition) is 0. The summed E-state index contributed by atoms with van der Waals surface area (Å²) in [4.78, 5) is 13.8. The molecule has 0 saturated carbocycles. The van der Waals surface area contributed by atoms with Crippen molar-refractivity contribution >= 4 is 5.78 Å². The highest BCUT2D eigenvalue weighted by Crippen LogP contribution is 2.22. The van der Waals surface area contributed by atoms with Gasteiger partial charge in [0.1, 0.15) is 5.78 Å². The number of carbonyl (C=O) groups excluding carboxylic acids is 1. The van der Waals surface area contributed by atoms with E-state index in [1.807, 2.05) is 10.9 Å². The van der Waals surface area contributed by atoms with Crippen LogP contribution in [0.15, 0.2) is 12.3 Å². The van der Waals surface area contributed by atoms with Gasteiger partial charge in [-0.3, -0.25) is 14.4 Å². The lowest BCUT2D eigenvalue weighted by molar-refractivity contribution is -0.118. The lowest BCUT2D eigenvalue weighted by Gasteiger charge is -2.34. The van der Waals surface area contributed by atoms with E-state index in [1.54, 1.807) is 6.92 Å². The van der Waals surface area contributed by atoms with Gasteiger partial charge in [-0.25, -0.2) is 0 Å². The number of rotatable bonds is 5. The molecule has 0 aromatic carbocycles. The molecular formula is C15H25N3O. The molecule has 1 atom stereocenters. The first-order valence-corrected chi connectivity index (χ1v) is 7.34. The summed E-state index contributed by atoms with van der Waals surface area (Å²) >= 11 is 0. The average Bonchev–Trinajstić information content (AvgIpc) is 2.80. The van der Waals surface area contributed by atoms with Crippen molar-refractivity contribution in [1.29, 1.82) is 0 Å². The molecule has 0 bridgehead atoms. The van der Waals surface area contributed by atoms with E-state index in [-0.39, 0.29) is 0 Å². The number of hydrogen-bond acceptors (Lipinski definition) is 3. The highest BCUT2D eigenvalue weighted by molar-refractivity contribution is 5.76. The second-order valence-electron chi connectivity index (χ2n) is 5.91. The maximum atomic E-state index is 11.4. The molecule has 0 N–H and O–H groups in total. The Morgan fingerprint density at radius 2 is 2.26 bits per heavy atom. The van der Waals surface area contributed by atoms with E-state index in [2.05, 4.69) is 29.9 Å². The third-order valence-corrected chi connectivity index (χ3v) is 3.83. The van der Waals surface area contributed by atoms with E-state index >= 15 is 0 Å². The van der Waals surface area contributed by atoms with E-state index < -0.39 is 0 Å². The van der Waals surface area contributed by atoms with Crippen molar-refractivity contribution in [3.8, 4) is 0 Å². The van der Waals surface area contributed by atoms with Crippen molar-refractivity contribution in [3.05, 3.63) is 18.0 Å². The third kappa shape index (κ3) is 3.90. The lowest BCUT2D eigenvalue weighted by Crippen LogP contribution is -2.40. The molecule has 0 aliphatic carbocycles. The number of nitrogens with zero attached hydrogens (tertiary/aromatic N) is 3. The Morgan fingerprint density at radius 3 is 2.89 bits per heavy atom. The summed E-state index contributed by atoms with van der Waals surface area (Å²) in [7, 11) is 0. The molecule has 0 amide bonds. The van der Waals surface area contributed by atoms with E-state index in [9.17, 15) is 4.79 Å². The number of Topliss-reactive ketones (excluding diaryl/α,β-unsaturated/α-hetero) is 1. The Morgan fingerprint density at radius 1 is 1.47 bits per heavy atom. The van der Waals surface area contributed by atoms with Crippen LogP contribution >= 0.6 is 0 Å². The molecular weight excluding hydrogens is 238 g/mol. The van der Waals surface area contributed by atoms with Crippen molar-refractivity contribution in [2.24, 2.45) is 0 Å². The van der Waals surface area contributed by atoms with Gasteiger partial charge < -0.3 is 0 Å². The first-order valence-electron chi connectivity index (χ1n) is 7.34. The van der Waals surface area contributed by atoms with Crippen molar-refractivity contribution in [3.63, 3.8) is 0 Å². The number of carbonyl (C=O) groups is 1. The molecule has 1 unspecified atom stereocenters. The minimum absolute atomic E-state index is 0.296. The molecule has 2 heterocycles. The summed E-state index contributed by atoms with van der Waals surface area (Å²) in [6, 6.07) is 2.91. The van der Waals surface area contributed by atoms with Crippen LogP contribution < -0.4 is 0 Å². The summed E-state index contributed by atoms with van der Waals surface area (Å²) in [6.45, 7) is 7.93. The fraction of sp³-hybridized carbons (Fsp3) is 0.733. The zero-order chi connectivity index (χ0) is 13.8. The third-order valence-electron chi connectivity index (χ3n) is 3.83. The van der Waals surface area contributed by atoms with Gasteiger partial charge in [-0.1, -0.05) is 6.42 Å². The first kappa shape index (κ1) is 14.3. The van der Waals surface area contributed by atoms with E-state index in [1.165, 1.54) is 12.8 Å². The summed E-state index contributed by atoms with van der Waals surface area (Å²) in [6.07, 6.45) is 6.35. The Labute approximate surface area is 115 Å². The first-order chi connectivity index (χ1) is 9.06. The van der Waals surface area contributed by atoms with Crippen LogP contribution in [0.4, 0.5) is 0 Å². The lowest BCUT2D eigenvalue weighted by atomic mass is 9.97. The van der Waals surface area contributed by atoms with Crippen LogP contribution in [-0.4, -0.2) is 33.1 Å². The summed E-state index contributed by atoms with van der Waals surface area (Å²) in [5, 5.41) is 4.61. The topological polar surface area (TPSA) is 38.1 Å². The van der Waals surface area contributed by atoms with Crippen LogP contribution in [0.3, 0.4) is 0 Å². The number of aromatic nitrogens is 2. The molecule has 0 radical (unpaired) electrons. The SMILES string of the molecule is CC(=O)CC1CCCCN1Cc1ccn(C(C)C)n1. The van der Waals surface area contributed by atoms with E-state index in [0.717, 1.165) is 25.2 Å². The number of piperidine rings is 1. The molecule has 1 aromatic heterocycles. The van der Waals surface area contributed by atoms with Crippen molar-refractivity contribution in [2.75, 3.05) is 6.54 Å². The fourth-order valence-corrected chi connectivity index (χ4v) is 2.79. The Balaban J connectivity index is 1.99. The predicted molar refractivity (Wildman–Crippen MR) is 76.0 cm³/mol. The van der Waals surface area contributed by atoms with E-state index in [4.69, 9.17) is 0 Å². The number of likely N-dealkylation sites (tertiary alicyclic amines) is 1. The van der Waals surface area contributed by atoms with Crippen LogP contribution in [0.1, 0.15) is 58.2 Å². The molecule has 1 fully saturated rings. The molecule has 1 aromatic rings. The standard InChI is InChI=1S/C15H25N3O/c1-12(2)18-9-7-14(16-18)11-17-8-5-4-6-15(17)10-13(3)19/h7,9,12,15H,4-6,8,10-11H2,1-3H3. The van der Waals surface area contributed by atoms with Crippen LogP contribution in [0.25, 0.3) is 0 Å². The molecule has 1 aliphatic heterocycles. The number of ketones is 1. The maximum Gasteiger partial charge on any atom is 0.131 e. The van der Waals surface area contributed by atoms with Gasteiger partial charge in [0.2, 0.25) is 0 Å². The molecule has 0 spiro atoms. The quantitative estimate of drug-likeness (QED) is 0.820. The highest BCUT2D eigenvalue weighted by atomic mass is 16.1. The van der Waals surface area contributed by atoms with Crippen LogP contribution in [0.5, 0.6) is 0 Å². The van der Waals surface area contributed by atoms with Gasteiger partial charge in [0.25, 0.3) is 0 Å². The largest absolute Gasteiger partial charge is 0.300 e. The molecule has 1 saturated heterocycles. The van der Waals surface area contributed by atoms with Crippen LogP contribution in [-0.2, 0) is 11.3 Å². The van der Waals surface area contributed by atoms with Crippen molar-refractivity contribution < 1.29 is 4.79 Å². The fourth-order valence-electron chi connectivity index (χ4n) is 2.79. The highest BCUT2D eigenvalue weighted by Gasteiger charge is 2.24. The maximum absolute atomic E-state index is 11.4. The molecule has 2 rings (SSSR count). The van der Waals surface area contributed by atoms with Gasteiger partial charge in [0, 0.05) is 31.2 Å². The summed E-state index contributed by atoms with van der Waals surface area (Å²) in [5.41, 5.74) is 1.11. The Hall–Kier alpha value is -1.16. The monoisotopic (exact) mass is 263 g/mol. The van der Waals surface area contributed by atoms with Gasteiger partial charge in [-0.15, -0.1) is 0 Å². The Kier molecular flexibility index (Phi) is 4.75. The minimum atomic E-state index is 0.296. The van der Waals surface area contributed by atoms with E-state index in [0.29, 0.717) is 24.3 Å². The smallest absolute Gasteiger partial charge is 0.131 e. The minimum Gasteiger partial charge on any atom is -0.300 e. The molecule has 19 heavy (non-hydrogen) atoms. The zero-order valence-corrected chi connectivity index (χ0v) is 12.3. The van der Waals surface area contributed by atoms with Crippen molar-refractivity contribution in [2.45, 2.75) is 65.1 Å². The second-order valence-corrected chi connectivity index (χ2v) is 5.91. The normalized spacial score (nSPS) is 20.9. The average molecular weight is 263 g/mol. The van der Waals surface area contributed by atoms with Gasteiger partial charge in [-0.05, 0) is 46.2 Å². The Bertz CT molecular complexity index is 425. The molecule has 4 nitrogen and oxygen atoms in total. The summed E-state index contributed by atoms with van der Waals surface area (Å²) in [5.74, 6) is 0.296. The van der Waals surface area contributed by atoms with Crippen LogP contribution in [0, 0.1) is 0 Å². The second kappa shape index (κ2) is 6.33. The zero-order valence-electron chi connectivity index (χ0n) is 12.3. The predicted octanol–water partition coefficient (Wildman–Crippen LogP) is 2.80. The van der Waals surface area contributed by atoms with Gasteiger partial charge in [0.05, 0.1) is 5.69 Å². The molecule has 4 heteroatoms. The molecule has 106 valence electrons. The van der Waals surface area contributed by atoms with Gasteiger partial charge >= 0.3 is 0 Å². The molecule has 1 aliphatic rings. The summed E-state index contributed by atoms with van der Waals surface area (Å²) < 4.78 is 2.00.